The van der Waals surface area contributed by atoms with Gasteiger partial charge in [0.05, 0.1) is 0 Å². The van der Waals surface area contributed by atoms with Gasteiger partial charge in [-0.05, 0) is 13.8 Å². The van der Waals surface area contributed by atoms with Gasteiger partial charge in [-0.1, -0.05) is 0 Å². The Morgan fingerprint density at radius 1 is 1.60 bits per heavy atom. The van der Waals surface area contributed by atoms with Crippen molar-refractivity contribution >= 4 is 6.03 Å². The highest BCUT2D eigenvalue weighted by Gasteiger charge is 2.10. The quantitative estimate of drug-likeness (QED) is 0.497. The summed E-state index contributed by atoms with van der Waals surface area (Å²) in [5.41, 5.74) is 5.26. The molecule has 0 bridgehead atoms. The lowest BCUT2D eigenvalue weighted by molar-refractivity contribution is 0.240. The number of nitrogens with one attached hydrogen (secondary N) is 2. The third kappa shape index (κ3) is 5.37. The minimum absolute atomic E-state index is 0.196. The molecule has 60 valence electrons. The maximum atomic E-state index is 10.6. The smallest absolute Gasteiger partial charge is 0.314 e. The number of urea groups is 1. The van der Waals surface area contributed by atoms with Crippen molar-refractivity contribution in [1.82, 2.24) is 10.6 Å². The molecule has 4 N–H and O–H groups in total. The Bertz CT molecular complexity index is 117. The predicted octanol–water partition coefficient (Wildman–Crippen LogP) is -0.347. The van der Waals surface area contributed by atoms with Gasteiger partial charge in [-0.3, -0.25) is 0 Å². The molecule has 0 aromatic rings. The predicted molar refractivity (Wildman–Crippen MR) is 40.7 cm³/mol. The van der Waals surface area contributed by atoms with Crippen LogP contribution in [0, 0.1) is 0 Å². The molecule has 0 fully saturated rings. The molecule has 10 heavy (non-hydrogen) atoms. The van der Waals surface area contributed by atoms with Crippen LogP contribution in [0.4, 0.5) is 4.79 Å². The van der Waals surface area contributed by atoms with Crippen LogP contribution in [-0.4, -0.2) is 25.2 Å². The van der Waals surface area contributed by atoms with Gasteiger partial charge in [-0.25, -0.2) is 4.79 Å². The molecule has 0 aliphatic heterocycles. The number of carbonyl (C=O) groups excluding carboxylic acids is 1. The van der Waals surface area contributed by atoms with Crippen molar-refractivity contribution in [2.45, 2.75) is 19.4 Å². The summed E-state index contributed by atoms with van der Waals surface area (Å²) in [5.74, 6) is 0. The first kappa shape index (κ1) is 9.23. The lowest BCUT2D eigenvalue weighted by Gasteiger charge is -2.18. The summed E-state index contributed by atoms with van der Waals surface area (Å²) in [6.45, 7) is 4.18. The van der Waals surface area contributed by atoms with E-state index in [4.69, 9.17) is 5.73 Å². The topological polar surface area (TPSA) is 67.2 Å². The average Bonchev–Trinajstić information content (AvgIpc) is 1.81. The molecule has 0 aliphatic rings. The highest BCUT2D eigenvalue weighted by molar-refractivity contribution is 5.73. The average molecular weight is 145 g/mol. The van der Waals surface area contributed by atoms with Crippen molar-refractivity contribution in [3.05, 3.63) is 0 Å². The van der Waals surface area contributed by atoms with Crippen LogP contribution in [0.25, 0.3) is 0 Å². The van der Waals surface area contributed by atoms with Crippen LogP contribution in [0.15, 0.2) is 0 Å². The Kier molecular flexibility index (Phi) is 3.15. The van der Waals surface area contributed by atoms with Crippen molar-refractivity contribution < 1.29 is 4.79 Å². The number of carbonyl (C=O) groups is 1. The molecule has 0 heterocycles. The Labute approximate surface area is 61.2 Å². The van der Waals surface area contributed by atoms with E-state index < -0.39 is 0 Å². The molecular weight excluding hydrogens is 130 g/mol. The molecule has 0 radical (unpaired) electrons. The summed E-state index contributed by atoms with van der Waals surface area (Å²) in [6.07, 6.45) is 0. The standard InChI is InChI=1S/C6H15N3O/c1-6(2,7)4-9-5(10)8-3/h4,7H2,1-3H3,(H2,8,9,10). The minimum atomic E-state index is -0.341. The first-order chi connectivity index (χ1) is 4.45. The van der Waals surface area contributed by atoms with Crippen molar-refractivity contribution in [3.8, 4) is 0 Å². The normalized spacial score (nSPS) is 10.8. The molecule has 0 aromatic carbocycles. The minimum Gasteiger partial charge on any atom is -0.341 e. The van der Waals surface area contributed by atoms with Gasteiger partial charge >= 0.3 is 6.03 Å². The molecule has 0 saturated heterocycles. The summed E-state index contributed by atoms with van der Waals surface area (Å²) in [5, 5.41) is 5.03. The SMILES string of the molecule is CNC(=O)NCC(C)(C)N. The van der Waals surface area contributed by atoms with E-state index in [9.17, 15) is 4.79 Å². The van der Waals surface area contributed by atoms with E-state index in [0.717, 1.165) is 0 Å². The summed E-state index contributed by atoms with van der Waals surface area (Å²) >= 11 is 0. The van der Waals surface area contributed by atoms with Crippen LogP contribution in [0.3, 0.4) is 0 Å². The van der Waals surface area contributed by atoms with Gasteiger partial charge in [-0.2, -0.15) is 0 Å². The van der Waals surface area contributed by atoms with Crippen molar-refractivity contribution in [2.24, 2.45) is 5.73 Å². The van der Waals surface area contributed by atoms with Crippen LogP contribution in [-0.2, 0) is 0 Å². The Morgan fingerprint density at radius 2 is 2.10 bits per heavy atom. The van der Waals surface area contributed by atoms with Gasteiger partial charge in [0.25, 0.3) is 0 Å². The molecule has 4 nitrogen and oxygen atoms in total. The van der Waals surface area contributed by atoms with Gasteiger partial charge in [0.2, 0.25) is 0 Å². The van der Waals surface area contributed by atoms with E-state index in [1.54, 1.807) is 7.05 Å². The molecule has 0 saturated carbocycles. The van der Waals surface area contributed by atoms with Gasteiger partial charge in [0.1, 0.15) is 0 Å². The molecular formula is C6H15N3O. The maximum absolute atomic E-state index is 10.6. The fraction of sp³-hybridized carbons (Fsp3) is 0.833. The van der Waals surface area contributed by atoms with E-state index in [1.807, 2.05) is 13.8 Å². The second kappa shape index (κ2) is 3.41. The third-order valence-electron chi connectivity index (χ3n) is 0.932. The van der Waals surface area contributed by atoms with Gasteiger partial charge in [-0.15, -0.1) is 0 Å². The molecule has 0 aliphatic carbocycles. The molecule has 0 rings (SSSR count). The molecule has 0 unspecified atom stereocenters. The van der Waals surface area contributed by atoms with E-state index in [0.29, 0.717) is 6.54 Å². The fourth-order valence-corrected chi connectivity index (χ4v) is 0.396. The van der Waals surface area contributed by atoms with Crippen molar-refractivity contribution in [2.75, 3.05) is 13.6 Å². The molecule has 4 heteroatoms. The molecule has 0 spiro atoms. The fourth-order valence-electron chi connectivity index (χ4n) is 0.396. The van der Waals surface area contributed by atoms with E-state index in [1.165, 1.54) is 0 Å². The Hall–Kier alpha value is -0.770. The lowest BCUT2D eigenvalue weighted by Crippen LogP contribution is -2.47. The van der Waals surface area contributed by atoms with Crippen LogP contribution >= 0.6 is 0 Å². The highest BCUT2D eigenvalue weighted by Crippen LogP contribution is 1.91. The van der Waals surface area contributed by atoms with Crippen molar-refractivity contribution in [1.29, 1.82) is 0 Å². The second-order valence-electron chi connectivity index (χ2n) is 2.92. The van der Waals surface area contributed by atoms with Gasteiger partial charge in [0.15, 0.2) is 0 Å². The second-order valence-corrected chi connectivity index (χ2v) is 2.92. The Morgan fingerprint density at radius 3 is 2.40 bits per heavy atom. The Balaban J connectivity index is 3.46. The molecule has 2 amide bonds. The molecule has 0 atom stereocenters. The monoisotopic (exact) mass is 145 g/mol. The first-order valence-corrected chi connectivity index (χ1v) is 3.20. The zero-order chi connectivity index (χ0) is 8.20. The summed E-state index contributed by atoms with van der Waals surface area (Å²) in [6, 6.07) is -0.196. The summed E-state index contributed by atoms with van der Waals surface area (Å²) in [7, 11) is 1.57. The van der Waals surface area contributed by atoms with Gasteiger partial charge in [0, 0.05) is 19.1 Å². The largest absolute Gasteiger partial charge is 0.341 e. The van der Waals surface area contributed by atoms with E-state index in [-0.39, 0.29) is 11.6 Å². The number of nitrogens with two attached hydrogens (primary N) is 1. The summed E-state index contributed by atoms with van der Waals surface area (Å²) in [4.78, 5) is 10.6. The van der Waals surface area contributed by atoms with Crippen LogP contribution in [0.2, 0.25) is 0 Å². The summed E-state index contributed by atoms with van der Waals surface area (Å²) < 4.78 is 0. The van der Waals surface area contributed by atoms with Crippen LogP contribution < -0.4 is 16.4 Å². The zero-order valence-corrected chi connectivity index (χ0v) is 6.69. The number of hydrogen-bond acceptors (Lipinski definition) is 2. The van der Waals surface area contributed by atoms with E-state index >= 15 is 0 Å². The zero-order valence-electron chi connectivity index (χ0n) is 6.69. The third-order valence-corrected chi connectivity index (χ3v) is 0.932. The van der Waals surface area contributed by atoms with Crippen LogP contribution in [0.5, 0.6) is 0 Å². The van der Waals surface area contributed by atoms with Gasteiger partial charge < -0.3 is 16.4 Å². The van der Waals surface area contributed by atoms with Crippen LogP contribution in [0.1, 0.15) is 13.8 Å². The maximum Gasteiger partial charge on any atom is 0.314 e. The lowest BCUT2D eigenvalue weighted by atomic mass is 10.1. The van der Waals surface area contributed by atoms with E-state index in [2.05, 4.69) is 10.6 Å². The number of rotatable bonds is 2. The first-order valence-electron chi connectivity index (χ1n) is 3.20. The highest BCUT2D eigenvalue weighted by atomic mass is 16.2. The number of hydrogen-bond donors (Lipinski definition) is 3. The number of amides is 2. The van der Waals surface area contributed by atoms with Crippen molar-refractivity contribution in [3.63, 3.8) is 0 Å². The molecule has 0 aromatic heterocycles.